The summed E-state index contributed by atoms with van der Waals surface area (Å²) in [7, 11) is 0. The van der Waals surface area contributed by atoms with Crippen LogP contribution >= 0.6 is 0 Å². The highest BCUT2D eigenvalue weighted by Crippen LogP contribution is 2.18. The van der Waals surface area contributed by atoms with Gasteiger partial charge in [-0.2, -0.15) is 5.26 Å². The minimum Gasteiger partial charge on any atom is -0.507 e. The van der Waals surface area contributed by atoms with E-state index in [0.717, 1.165) is 11.1 Å². The first-order valence-corrected chi connectivity index (χ1v) is 6.83. The summed E-state index contributed by atoms with van der Waals surface area (Å²) in [4.78, 5) is 12.0. The molecule has 0 heterocycles. The monoisotopic (exact) mass is 292 g/mol. The van der Waals surface area contributed by atoms with Crippen LogP contribution in [0.1, 0.15) is 16.7 Å². The summed E-state index contributed by atoms with van der Waals surface area (Å²) >= 11 is 0. The molecule has 4 nitrogen and oxygen atoms in total. The standard InChI is InChI=1S/C18H16N2O2/c1-13-6-8-14(9-7-13)12-20-18(22)16(11-19)10-15-4-2-3-5-17(15)21/h2-10,21H,12H2,1H3,(H,20,22)/b16-10+. The quantitative estimate of drug-likeness (QED) is 0.672. The highest BCUT2D eigenvalue weighted by molar-refractivity contribution is 6.01. The van der Waals surface area contributed by atoms with E-state index in [4.69, 9.17) is 5.26 Å². The van der Waals surface area contributed by atoms with Crippen LogP contribution < -0.4 is 5.32 Å². The largest absolute Gasteiger partial charge is 0.507 e. The van der Waals surface area contributed by atoms with E-state index in [1.807, 2.05) is 37.3 Å². The van der Waals surface area contributed by atoms with E-state index in [-0.39, 0.29) is 11.3 Å². The molecule has 2 N–H and O–H groups in total. The van der Waals surface area contributed by atoms with Crippen LogP contribution in [0.2, 0.25) is 0 Å². The van der Waals surface area contributed by atoms with Crippen LogP contribution in [0, 0.1) is 18.3 Å². The van der Waals surface area contributed by atoms with Gasteiger partial charge in [-0.3, -0.25) is 4.79 Å². The fourth-order valence-corrected chi connectivity index (χ4v) is 1.90. The van der Waals surface area contributed by atoms with Crippen molar-refractivity contribution in [2.75, 3.05) is 0 Å². The van der Waals surface area contributed by atoms with E-state index in [1.54, 1.807) is 18.2 Å². The Morgan fingerprint density at radius 1 is 1.23 bits per heavy atom. The Balaban J connectivity index is 2.08. The first kappa shape index (κ1) is 15.3. The van der Waals surface area contributed by atoms with E-state index in [0.29, 0.717) is 12.1 Å². The molecule has 2 rings (SSSR count). The Morgan fingerprint density at radius 3 is 2.55 bits per heavy atom. The second-order valence-corrected chi connectivity index (χ2v) is 4.90. The number of benzene rings is 2. The van der Waals surface area contributed by atoms with Gasteiger partial charge in [0.1, 0.15) is 17.4 Å². The van der Waals surface area contributed by atoms with Gasteiger partial charge in [0.15, 0.2) is 0 Å². The zero-order valence-corrected chi connectivity index (χ0v) is 12.2. The number of aromatic hydroxyl groups is 1. The summed E-state index contributed by atoms with van der Waals surface area (Å²) < 4.78 is 0. The van der Waals surface area contributed by atoms with Gasteiger partial charge in [0.25, 0.3) is 5.91 Å². The molecule has 1 amide bonds. The summed E-state index contributed by atoms with van der Waals surface area (Å²) in [5.74, 6) is -0.437. The molecule has 0 radical (unpaired) electrons. The zero-order valence-electron chi connectivity index (χ0n) is 12.2. The maximum absolute atomic E-state index is 12.0. The molecule has 0 spiro atoms. The van der Waals surface area contributed by atoms with Gasteiger partial charge in [-0.15, -0.1) is 0 Å². The molecule has 0 aromatic heterocycles. The number of hydrogen-bond acceptors (Lipinski definition) is 3. The molecule has 0 aliphatic heterocycles. The Morgan fingerprint density at radius 2 is 1.91 bits per heavy atom. The molecule has 2 aromatic carbocycles. The SMILES string of the molecule is Cc1ccc(CNC(=O)/C(C#N)=C/c2ccccc2O)cc1. The van der Waals surface area contributed by atoms with E-state index >= 15 is 0 Å². The average Bonchev–Trinajstić information content (AvgIpc) is 2.53. The summed E-state index contributed by atoms with van der Waals surface area (Å²) in [6.07, 6.45) is 1.37. The number of carbonyl (C=O) groups is 1. The lowest BCUT2D eigenvalue weighted by Gasteiger charge is -2.05. The van der Waals surface area contributed by atoms with Crippen molar-refractivity contribution >= 4 is 12.0 Å². The highest BCUT2D eigenvalue weighted by Gasteiger charge is 2.09. The van der Waals surface area contributed by atoms with Crippen molar-refractivity contribution in [2.24, 2.45) is 0 Å². The third kappa shape index (κ3) is 3.97. The molecule has 0 aliphatic carbocycles. The van der Waals surface area contributed by atoms with Gasteiger partial charge in [0.05, 0.1) is 0 Å². The van der Waals surface area contributed by atoms with E-state index in [1.165, 1.54) is 12.1 Å². The molecule has 4 heteroatoms. The van der Waals surface area contributed by atoms with Crippen LogP contribution in [0.3, 0.4) is 0 Å². The number of nitrogens with one attached hydrogen (secondary N) is 1. The summed E-state index contributed by atoms with van der Waals surface area (Å²) in [6, 6.07) is 16.2. The Bertz CT molecular complexity index is 740. The summed E-state index contributed by atoms with van der Waals surface area (Å²) in [5.41, 5.74) is 2.49. The molecule has 0 saturated heterocycles. The van der Waals surface area contributed by atoms with Crippen LogP contribution in [-0.2, 0) is 11.3 Å². The Kier molecular flexibility index (Phi) is 4.94. The molecule has 0 saturated carbocycles. The maximum Gasteiger partial charge on any atom is 0.262 e. The maximum atomic E-state index is 12.0. The second kappa shape index (κ2) is 7.09. The van der Waals surface area contributed by atoms with Crippen molar-refractivity contribution in [1.82, 2.24) is 5.32 Å². The predicted molar refractivity (Wildman–Crippen MR) is 84.7 cm³/mol. The molecular weight excluding hydrogens is 276 g/mol. The lowest BCUT2D eigenvalue weighted by atomic mass is 10.1. The van der Waals surface area contributed by atoms with Crippen LogP contribution in [0.25, 0.3) is 6.08 Å². The number of phenolic OH excluding ortho intramolecular Hbond substituents is 1. The van der Waals surface area contributed by atoms with Crippen LogP contribution in [0.15, 0.2) is 54.1 Å². The normalized spacial score (nSPS) is 10.8. The first-order valence-electron chi connectivity index (χ1n) is 6.83. The van der Waals surface area contributed by atoms with Crippen molar-refractivity contribution in [3.63, 3.8) is 0 Å². The Hall–Kier alpha value is -3.06. The van der Waals surface area contributed by atoms with Crippen LogP contribution in [-0.4, -0.2) is 11.0 Å². The summed E-state index contributed by atoms with van der Waals surface area (Å²) in [6.45, 7) is 2.34. The Labute approximate surface area is 129 Å². The minimum atomic E-state index is -0.466. The molecule has 2 aromatic rings. The third-order valence-electron chi connectivity index (χ3n) is 3.18. The van der Waals surface area contributed by atoms with Gasteiger partial charge in [0.2, 0.25) is 0 Å². The lowest BCUT2D eigenvalue weighted by molar-refractivity contribution is -0.117. The number of phenols is 1. The van der Waals surface area contributed by atoms with Crippen LogP contribution in [0.4, 0.5) is 0 Å². The number of para-hydroxylation sites is 1. The van der Waals surface area contributed by atoms with E-state index in [2.05, 4.69) is 5.32 Å². The van der Waals surface area contributed by atoms with Crippen molar-refractivity contribution in [3.05, 3.63) is 70.8 Å². The average molecular weight is 292 g/mol. The highest BCUT2D eigenvalue weighted by atomic mass is 16.3. The summed E-state index contributed by atoms with van der Waals surface area (Å²) in [5, 5.41) is 21.5. The van der Waals surface area contributed by atoms with Crippen molar-refractivity contribution in [3.8, 4) is 11.8 Å². The molecule has 110 valence electrons. The predicted octanol–water partition coefficient (Wildman–Crippen LogP) is 2.92. The first-order chi connectivity index (χ1) is 10.6. The van der Waals surface area contributed by atoms with Gasteiger partial charge < -0.3 is 10.4 Å². The molecule has 0 bridgehead atoms. The molecule has 0 unspecified atom stereocenters. The van der Waals surface area contributed by atoms with Crippen molar-refractivity contribution in [2.45, 2.75) is 13.5 Å². The van der Waals surface area contributed by atoms with E-state index < -0.39 is 5.91 Å². The number of aryl methyl sites for hydroxylation is 1. The number of carbonyl (C=O) groups excluding carboxylic acids is 1. The van der Waals surface area contributed by atoms with Crippen molar-refractivity contribution in [1.29, 1.82) is 5.26 Å². The molecule has 22 heavy (non-hydrogen) atoms. The number of nitriles is 1. The molecule has 0 atom stereocenters. The fourth-order valence-electron chi connectivity index (χ4n) is 1.90. The minimum absolute atomic E-state index is 0.0292. The van der Waals surface area contributed by atoms with Gasteiger partial charge in [-0.1, -0.05) is 48.0 Å². The van der Waals surface area contributed by atoms with E-state index in [9.17, 15) is 9.90 Å². The number of hydrogen-bond donors (Lipinski definition) is 2. The van der Waals surface area contributed by atoms with Gasteiger partial charge >= 0.3 is 0 Å². The van der Waals surface area contributed by atoms with Gasteiger partial charge in [-0.05, 0) is 24.6 Å². The van der Waals surface area contributed by atoms with Gasteiger partial charge in [-0.25, -0.2) is 0 Å². The van der Waals surface area contributed by atoms with Gasteiger partial charge in [0, 0.05) is 12.1 Å². The third-order valence-corrected chi connectivity index (χ3v) is 3.18. The molecule has 0 fully saturated rings. The number of nitrogens with zero attached hydrogens (tertiary/aromatic N) is 1. The fraction of sp³-hybridized carbons (Fsp3) is 0.111. The smallest absolute Gasteiger partial charge is 0.262 e. The second-order valence-electron chi connectivity index (χ2n) is 4.90. The number of rotatable bonds is 4. The zero-order chi connectivity index (χ0) is 15.9. The molecular formula is C18H16N2O2. The number of amides is 1. The van der Waals surface area contributed by atoms with Crippen molar-refractivity contribution < 1.29 is 9.90 Å². The van der Waals surface area contributed by atoms with Crippen LogP contribution in [0.5, 0.6) is 5.75 Å². The molecule has 0 aliphatic rings. The lowest BCUT2D eigenvalue weighted by Crippen LogP contribution is -2.23. The topological polar surface area (TPSA) is 73.1 Å².